The summed E-state index contributed by atoms with van der Waals surface area (Å²) in [5.41, 5.74) is 5.32. The van der Waals surface area contributed by atoms with Crippen LogP contribution >= 0.6 is 11.8 Å². The predicted octanol–water partition coefficient (Wildman–Crippen LogP) is 4.60. The fourth-order valence-electron chi connectivity index (χ4n) is 3.81. The van der Waals surface area contributed by atoms with Gasteiger partial charge in [0.15, 0.2) is 5.17 Å². The summed E-state index contributed by atoms with van der Waals surface area (Å²) in [4.78, 5) is 32.3. The Hall–Kier alpha value is -2.54. The molecule has 7 heteroatoms. The van der Waals surface area contributed by atoms with Crippen LogP contribution in [0.25, 0.3) is 0 Å². The Labute approximate surface area is 188 Å². The number of nitrogens with zero attached hydrogens (tertiary/aromatic N) is 2. The Kier molecular flexibility index (Phi) is 7.26. The number of nitrogens with one attached hydrogen (secondary N) is 1. The summed E-state index contributed by atoms with van der Waals surface area (Å²) < 4.78 is 5.18. The number of fused-ring (bicyclic) bond motifs is 1. The molecule has 1 atom stereocenters. The van der Waals surface area contributed by atoms with Crippen molar-refractivity contribution in [2.75, 3.05) is 13.7 Å². The third-order valence-corrected chi connectivity index (χ3v) is 6.30. The molecule has 2 heterocycles. The van der Waals surface area contributed by atoms with E-state index in [0.29, 0.717) is 24.5 Å². The summed E-state index contributed by atoms with van der Waals surface area (Å²) in [6.07, 6.45) is 0.851. The maximum absolute atomic E-state index is 12.9. The van der Waals surface area contributed by atoms with E-state index in [-0.39, 0.29) is 24.3 Å². The van der Waals surface area contributed by atoms with E-state index in [0.717, 1.165) is 33.3 Å². The normalized spacial score (nSPS) is 18.0. The van der Waals surface area contributed by atoms with Gasteiger partial charge >= 0.3 is 5.97 Å². The molecule has 0 saturated heterocycles. The largest absolute Gasteiger partial charge is 0.466 e. The van der Waals surface area contributed by atoms with Crippen molar-refractivity contribution in [3.05, 3.63) is 57.3 Å². The second kappa shape index (κ2) is 9.73. The molecule has 1 aromatic carbocycles. The topological polar surface area (TPSA) is 71.0 Å². The summed E-state index contributed by atoms with van der Waals surface area (Å²) in [5.74, 6) is -0.0378. The predicted molar refractivity (Wildman–Crippen MR) is 125 cm³/mol. The first kappa shape index (κ1) is 23.1. The highest BCUT2D eigenvalue weighted by molar-refractivity contribution is 8.16. The monoisotopic (exact) mass is 441 g/mol. The summed E-state index contributed by atoms with van der Waals surface area (Å²) >= 11 is 1.50. The molecule has 1 unspecified atom stereocenters. The molecule has 0 saturated carbocycles. The van der Waals surface area contributed by atoms with E-state index in [2.05, 4.69) is 37.4 Å². The van der Waals surface area contributed by atoms with Crippen molar-refractivity contribution in [3.63, 3.8) is 0 Å². The molecule has 0 aliphatic carbocycles. The number of rotatable bonds is 7. The lowest BCUT2D eigenvalue weighted by molar-refractivity contribution is -0.136. The lowest BCUT2D eigenvalue weighted by Crippen LogP contribution is -2.38. The number of ether oxygens (including phenoxy) is 1. The van der Waals surface area contributed by atoms with Gasteiger partial charge in [-0.05, 0) is 42.7 Å². The van der Waals surface area contributed by atoms with E-state index < -0.39 is 0 Å². The number of amidine groups is 1. The van der Waals surface area contributed by atoms with Crippen LogP contribution in [-0.4, -0.2) is 35.6 Å². The van der Waals surface area contributed by atoms with Crippen LogP contribution in [0.5, 0.6) is 0 Å². The first-order valence-electron chi connectivity index (χ1n) is 10.7. The van der Waals surface area contributed by atoms with Crippen LogP contribution in [0.4, 0.5) is 0 Å². The second-order valence-corrected chi connectivity index (χ2v) is 9.17. The summed E-state index contributed by atoms with van der Waals surface area (Å²) in [5, 5.41) is 5.75. The van der Waals surface area contributed by atoms with Crippen molar-refractivity contribution in [1.82, 2.24) is 10.2 Å². The van der Waals surface area contributed by atoms with Crippen LogP contribution in [0.15, 0.2) is 45.6 Å². The van der Waals surface area contributed by atoms with Gasteiger partial charge in [-0.15, -0.1) is 0 Å². The van der Waals surface area contributed by atoms with E-state index in [1.165, 1.54) is 18.9 Å². The van der Waals surface area contributed by atoms with Gasteiger partial charge < -0.3 is 15.0 Å². The van der Waals surface area contributed by atoms with Gasteiger partial charge in [-0.25, -0.2) is 9.79 Å². The minimum absolute atomic E-state index is 0.0357. The number of amides is 1. The Balaban J connectivity index is 2.07. The number of carbonyl (C=O) groups is 2. The molecule has 0 spiro atoms. The molecule has 3 rings (SSSR count). The van der Waals surface area contributed by atoms with E-state index in [4.69, 9.17) is 9.73 Å². The lowest BCUT2D eigenvalue weighted by atomic mass is 9.89. The fourth-order valence-corrected chi connectivity index (χ4v) is 4.74. The average molecular weight is 442 g/mol. The van der Waals surface area contributed by atoms with E-state index in [9.17, 15) is 9.59 Å². The molecule has 0 bridgehead atoms. The molecule has 1 aromatic rings. The molecule has 1 amide bonds. The summed E-state index contributed by atoms with van der Waals surface area (Å²) in [6, 6.07) is 5.86. The third-order valence-electron chi connectivity index (χ3n) is 5.41. The number of hydrogen-bond acceptors (Lipinski definition) is 6. The van der Waals surface area contributed by atoms with Crippen molar-refractivity contribution in [2.45, 2.75) is 53.5 Å². The van der Waals surface area contributed by atoms with Crippen LogP contribution in [0.3, 0.4) is 0 Å². The number of benzene rings is 1. The van der Waals surface area contributed by atoms with Crippen LogP contribution in [0, 0.1) is 19.8 Å². The zero-order valence-corrected chi connectivity index (χ0v) is 19.9. The average Bonchev–Trinajstić information content (AvgIpc) is 3.14. The van der Waals surface area contributed by atoms with Gasteiger partial charge in [-0.3, -0.25) is 4.79 Å². The minimum atomic E-state index is -0.383. The molecule has 6 nitrogen and oxygen atoms in total. The second-order valence-electron chi connectivity index (χ2n) is 8.33. The highest BCUT2D eigenvalue weighted by Crippen LogP contribution is 2.46. The van der Waals surface area contributed by atoms with E-state index in [1.54, 1.807) is 0 Å². The number of carbonyl (C=O) groups excluding carboxylic acids is 2. The Morgan fingerprint density at radius 2 is 2.03 bits per heavy atom. The van der Waals surface area contributed by atoms with Gasteiger partial charge in [0, 0.05) is 12.2 Å². The zero-order valence-electron chi connectivity index (χ0n) is 19.1. The van der Waals surface area contributed by atoms with Gasteiger partial charge in [0.05, 0.1) is 30.8 Å². The van der Waals surface area contributed by atoms with E-state index >= 15 is 0 Å². The maximum atomic E-state index is 12.9. The number of thioether (sulfide) groups is 1. The summed E-state index contributed by atoms with van der Waals surface area (Å²) in [6.45, 7) is 10.8. The first-order chi connectivity index (χ1) is 14.8. The van der Waals surface area contributed by atoms with Crippen molar-refractivity contribution >= 4 is 28.8 Å². The lowest BCUT2D eigenvalue weighted by Gasteiger charge is -2.37. The number of aliphatic imine (C=N–C) groups is 1. The van der Waals surface area contributed by atoms with Crippen LogP contribution < -0.4 is 5.32 Å². The Morgan fingerprint density at radius 3 is 2.68 bits per heavy atom. The molecule has 2 aliphatic rings. The number of allylic oxidation sites excluding steroid dienone is 1. The van der Waals surface area contributed by atoms with Gasteiger partial charge in [-0.1, -0.05) is 56.3 Å². The van der Waals surface area contributed by atoms with Gasteiger partial charge in [-0.2, -0.15) is 0 Å². The molecule has 0 fully saturated rings. The fraction of sp³-hybridized carbons (Fsp3) is 0.458. The van der Waals surface area contributed by atoms with Crippen LogP contribution in [0.2, 0.25) is 0 Å². The SMILES string of the molecule is CCC1=C(C(=O)OC)C(c2cc(C)ccc2C)N2C(CC(=O)NCC(C)C)=CSC2=N1. The van der Waals surface area contributed by atoms with Gasteiger partial charge in [0.2, 0.25) is 5.91 Å². The number of aryl methyl sites for hydroxylation is 2. The maximum Gasteiger partial charge on any atom is 0.338 e. The standard InChI is InChI=1S/C24H31N3O3S/c1-7-19-21(23(29)30-6)22(18-10-15(4)8-9-16(18)5)27-17(13-31-24(27)26-19)11-20(28)25-12-14(2)3/h8-10,13-14,22H,7,11-12H2,1-6H3,(H,25,28). The zero-order chi connectivity index (χ0) is 22.7. The highest BCUT2D eigenvalue weighted by atomic mass is 32.2. The van der Waals surface area contributed by atoms with Crippen molar-refractivity contribution in [2.24, 2.45) is 10.9 Å². The molecule has 166 valence electrons. The molecule has 31 heavy (non-hydrogen) atoms. The molecule has 2 aliphatic heterocycles. The smallest absolute Gasteiger partial charge is 0.338 e. The van der Waals surface area contributed by atoms with Crippen molar-refractivity contribution in [3.8, 4) is 0 Å². The van der Waals surface area contributed by atoms with E-state index in [1.807, 2.05) is 31.1 Å². The highest BCUT2D eigenvalue weighted by Gasteiger charge is 2.42. The van der Waals surface area contributed by atoms with Gasteiger partial charge in [0.1, 0.15) is 0 Å². The number of esters is 1. The molecule has 0 radical (unpaired) electrons. The Bertz CT molecular complexity index is 978. The first-order valence-corrected chi connectivity index (χ1v) is 11.5. The van der Waals surface area contributed by atoms with Crippen LogP contribution in [-0.2, 0) is 14.3 Å². The summed E-state index contributed by atoms with van der Waals surface area (Å²) in [7, 11) is 1.40. The van der Waals surface area contributed by atoms with Gasteiger partial charge in [0.25, 0.3) is 0 Å². The van der Waals surface area contributed by atoms with Crippen LogP contribution in [0.1, 0.15) is 56.3 Å². The quantitative estimate of drug-likeness (QED) is 0.626. The van der Waals surface area contributed by atoms with Crippen molar-refractivity contribution in [1.29, 1.82) is 0 Å². The number of methoxy groups -OCH3 is 1. The Morgan fingerprint density at radius 1 is 1.29 bits per heavy atom. The molecular weight excluding hydrogens is 410 g/mol. The third kappa shape index (κ3) is 4.87. The number of hydrogen-bond donors (Lipinski definition) is 1. The molecule has 0 aromatic heterocycles. The molecular formula is C24H31N3O3S. The minimum Gasteiger partial charge on any atom is -0.466 e. The van der Waals surface area contributed by atoms with Crippen molar-refractivity contribution < 1.29 is 14.3 Å². The molecule has 1 N–H and O–H groups in total.